The largest absolute Gasteiger partial charge is 0.389 e. The molecule has 0 saturated carbocycles. The lowest BCUT2D eigenvalue weighted by Gasteiger charge is -2.21. The number of thioether (sulfide) groups is 2. The van der Waals surface area contributed by atoms with Crippen molar-refractivity contribution in [3.05, 3.63) is 23.8 Å². The fourth-order valence-electron chi connectivity index (χ4n) is 1.86. The minimum absolute atomic E-state index is 0.449. The Labute approximate surface area is 130 Å². The van der Waals surface area contributed by atoms with Crippen LogP contribution in [0, 0.1) is 0 Å². The van der Waals surface area contributed by atoms with Crippen LogP contribution in [0.25, 0.3) is 0 Å². The Morgan fingerprint density at radius 1 is 1.42 bits per heavy atom. The van der Waals surface area contributed by atoms with Crippen LogP contribution in [0.4, 0.5) is 5.69 Å². The average Bonchev–Trinajstić information content (AvgIpc) is 2.38. The van der Waals surface area contributed by atoms with E-state index in [4.69, 9.17) is 18.0 Å². The maximum Gasteiger partial charge on any atom is 0.107 e. The van der Waals surface area contributed by atoms with Gasteiger partial charge in [0.2, 0.25) is 0 Å². The molecule has 19 heavy (non-hydrogen) atoms. The Morgan fingerprint density at radius 2 is 2.16 bits per heavy atom. The number of rotatable bonds is 8. The molecule has 0 aliphatic rings. The van der Waals surface area contributed by atoms with Gasteiger partial charge in [-0.25, -0.2) is 0 Å². The molecule has 1 rings (SSSR count). The van der Waals surface area contributed by atoms with Crippen LogP contribution in [-0.4, -0.2) is 28.8 Å². The highest BCUT2D eigenvalue weighted by Crippen LogP contribution is 2.29. The van der Waals surface area contributed by atoms with Gasteiger partial charge in [-0.15, -0.1) is 11.8 Å². The highest BCUT2D eigenvalue weighted by molar-refractivity contribution is 7.99. The summed E-state index contributed by atoms with van der Waals surface area (Å²) in [5.74, 6) is 2.10. The van der Waals surface area contributed by atoms with Gasteiger partial charge in [0, 0.05) is 27.9 Å². The third kappa shape index (κ3) is 4.89. The van der Waals surface area contributed by atoms with Gasteiger partial charge in [-0.2, -0.15) is 11.8 Å². The van der Waals surface area contributed by atoms with Crippen LogP contribution in [0.5, 0.6) is 0 Å². The molecule has 0 aliphatic heterocycles. The third-order valence-electron chi connectivity index (χ3n) is 2.79. The number of benzene rings is 1. The molecular formula is C14H22N2S3. The molecule has 3 N–H and O–H groups in total. The number of hydrogen-bond donors (Lipinski definition) is 2. The summed E-state index contributed by atoms with van der Waals surface area (Å²) >= 11 is 8.85. The molecule has 0 saturated heterocycles. The number of anilines is 1. The Morgan fingerprint density at radius 3 is 2.68 bits per heavy atom. The van der Waals surface area contributed by atoms with Crippen molar-refractivity contribution < 1.29 is 0 Å². The summed E-state index contributed by atoms with van der Waals surface area (Å²) in [6, 6.07) is 6.67. The molecule has 0 spiro atoms. The van der Waals surface area contributed by atoms with E-state index in [-0.39, 0.29) is 0 Å². The van der Waals surface area contributed by atoms with Gasteiger partial charge in [0.1, 0.15) is 4.99 Å². The van der Waals surface area contributed by atoms with E-state index in [0.29, 0.717) is 11.0 Å². The molecule has 5 heteroatoms. The monoisotopic (exact) mass is 314 g/mol. The summed E-state index contributed by atoms with van der Waals surface area (Å²) in [6.45, 7) is 4.33. The third-order valence-corrected chi connectivity index (χ3v) is 4.67. The molecule has 2 nitrogen and oxygen atoms in total. The van der Waals surface area contributed by atoms with Crippen molar-refractivity contribution in [3.8, 4) is 0 Å². The predicted octanol–water partition coefficient (Wildman–Crippen LogP) is 3.99. The molecule has 0 aromatic heterocycles. The molecule has 0 radical (unpaired) electrons. The van der Waals surface area contributed by atoms with Crippen molar-refractivity contribution >= 4 is 46.4 Å². The first kappa shape index (κ1) is 16.7. The van der Waals surface area contributed by atoms with E-state index in [1.807, 2.05) is 11.8 Å². The van der Waals surface area contributed by atoms with E-state index in [1.54, 1.807) is 11.8 Å². The van der Waals surface area contributed by atoms with Crippen molar-refractivity contribution in [2.24, 2.45) is 5.73 Å². The smallest absolute Gasteiger partial charge is 0.107 e. The lowest BCUT2D eigenvalue weighted by molar-refractivity contribution is 0.774. The molecule has 0 amide bonds. The fourth-order valence-corrected chi connectivity index (χ4v) is 3.72. The standard InChI is InChI=1S/C14H22N2S3/c1-4-10(9-18-3)16-11-7-6-8-12(19-5-2)13(11)14(15)17/h6-8,10,16H,4-5,9H2,1-3H3,(H2,15,17). The van der Waals surface area contributed by atoms with E-state index in [9.17, 15) is 0 Å². The second-order valence-corrected chi connectivity index (χ2v) is 6.84. The molecule has 1 atom stereocenters. The molecule has 1 aromatic carbocycles. The van der Waals surface area contributed by atoms with Crippen molar-refractivity contribution in [1.82, 2.24) is 0 Å². The lowest BCUT2D eigenvalue weighted by Crippen LogP contribution is -2.24. The second-order valence-electron chi connectivity index (χ2n) is 4.18. The van der Waals surface area contributed by atoms with Crippen LogP contribution in [0.15, 0.2) is 23.1 Å². The van der Waals surface area contributed by atoms with Crippen molar-refractivity contribution in [3.63, 3.8) is 0 Å². The molecule has 0 heterocycles. The van der Waals surface area contributed by atoms with E-state index in [2.05, 4.69) is 43.6 Å². The van der Waals surface area contributed by atoms with Gasteiger partial charge in [-0.3, -0.25) is 0 Å². The lowest BCUT2D eigenvalue weighted by atomic mass is 10.1. The highest BCUT2D eigenvalue weighted by Gasteiger charge is 2.14. The van der Waals surface area contributed by atoms with Gasteiger partial charge in [-0.05, 0) is 30.6 Å². The van der Waals surface area contributed by atoms with Crippen LogP contribution in [0.1, 0.15) is 25.8 Å². The fraction of sp³-hybridized carbons (Fsp3) is 0.500. The summed E-state index contributed by atoms with van der Waals surface area (Å²) in [7, 11) is 0. The number of thiocarbonyl (C=S) groups is 1. The molecule has 106 valence electrons. The predicted molar refractivity (Wildman–Crippen MR) is 94.8 cm³/mol. The average molecular weight is 315 g/mol. The first-order valence-corrected chi connectivity index (χ1v) is 9.23. The number of nitrogens with two attached hydrogens (primary N) is 1. The van der Waals surface area contributed by atoms with Crippen molar-refractivity contribution in [1.29, 1.82) is 0 Å². The quantitative estimate of drug-likeness (QED) is 0.561. The summed E-state index contributed by atoms with van der Waals surface area (Å²) in [6.07, 6.45) is 3.21. The van der Waals surface area contributed by atoms with Crippen LogP contribution in [0.2, 0.25) is 0 Å². The van der Waals surface area contributed by atoms with E-state index >= 15 is 0 Å². The Balaban J connectivity index is 3.04. The van der Waals surface area contributed by atoms with Gasteiger partial charge in [0.15, 0.2) is 0 Å². The summed E-state index contributed by atoms with van der Waals surface area (Å²) in [4.78, 5) is 1.64. The van der Waals surface area contributed by atoms with E-state index in [0.717, 1.165) is 29.2 Å². The van der Waals surface area contributed by atoms with E-state index < -0.39 is 0 Å². The topological polar surface area (TPSA) is 38.0 Å². The van der Waals surface area contributed by atoms with Gasteiger partial charge >= 0.3 is 0 Å². The Bertz CT molecular complexity index is 421. The van der Waals surface area contributed by atoms with Crippen molar-refractivity contribution in [2.45, 2.75) is 31.2 Å². The summed E-state index contributed by atoms with van der Waals surface area (Å²) in [5.41, 5.74) is 7.96. The van der Waals surface area contributed by atoms with Crippen molar-refractivity contribution in [2.75, 3.05) is 23.1 Å². The SMILES string of the molecule is CCSc1cccc(NC(CC)CSC)c1C(N)=S. The maximum atomic E-state index is 5.91. The minimum atomic E-state index is 0.449. The number of nitrogens with one attached hydrogen (secondary N) is 1. The molecule has 1 unspecified atom stereocenters. The molecule has 1 aromatic rings. The van der Waals surface area contributed by atoms with Gasteiger partial charge in [0.05, 0.1) is 0 Å². The summed E-state index contributed by atoms with van der Waals surface area (Å²) < 4.78 is 0. The molecule has 0 aliphatic carbocycles. The summed E-state index contributed by atoms with van der Waals surface area (Å²) in [5, 5.41) is 3.58. The molecular weight excluding hydrogens is 292 g/mol. The highest BCUT2D eigenvalue weighted by atomic mass is 32.2. The first-order chi connectivity index (χ1) is 9.13. The Hall–Kier alpha value is -0.390. The minimum Gasteiger partial charge on any atom is -0.389 e. The molecule has 0 bridgehead atoms. The van der Waals surface area contributed by atoms with Gasteiger partial charge in [0.25, 0.3) is 0 Å². The zero-order chi connectivity index (χ0) is 14.3. The normalized spacial score (nSPS) is 12.2. The zero-order valence-corrected chi connectivity index (χ0v) is 14.2. The molecule has 0 fully saturated rings. The van der Waals surface area contributed by atoms with Crippen LogP contribution in [-0.2, 0) is 0 Å². The second kappa shape index (κ2) is 8.72. The van der Waals surface area contributed by atoms with Crippen LogP contribution in [0.3, 0.4) is 0 Å². The Kier molecular flexibility index (Phi) is 7.64. The van der Waals surface area contributed by atoms with Crippen LogP contribution >= 0.6 is 35.7 Å². The van der Waals surface area contributed by atoms with Gasteiger partial charge in [-0.1, -0.05) is 32.1 Å². The number of hydrogen-bond acceptors (Lipinski definition) is 4. The van der Waals surface area contributed by atoms with Gasteiger partial charge < -0.3 is 11.1 Å². The maximum absolute atomic E-state index is 5.91. The zero-order valence-electron chi connectivity index (χ0n) is 11.7. The van der Waals surface area contributed by atoms with E-state index in [1.165, 1.54) is 4.90 Å². The first-order valence-electron chi connectivity index (χ1n) is 6.45. The van der Waals surface area contributed by atoms with Crippen LogP contribution < -0.4 is 11.1 Å².